The van der Waals surface area contributed by atoms with E-state index in [-0.39, 0.29) is 35.4 Å². The lowest BCUT2D eigenvalue weighted by Crippen LogP contribution is -2.74. The van der Waals surface area contributed by atoms with Gasteiger partial charge >= 0.3 is 12.1 Å². The smallest absolute Gasteiger partial charge is 0.413 e. The third-order valence-corrected chi connectivity index (χ3v) is 11.9. The second-order valence-corrected chi connectivity index (χ2v) is 17.4. The Morgan fingerprint density at radius 1 is 0.873 bits per heavy atom. The minimum atomic E-state index is -2.91. The van der Waals surface area contributed by atoms with Gasteiger partial charge in [-0.1, -0.05) is 42.5 Å². The fraction of sp³-hybridized carbons (Fsp3) is 0.400. The number of esters is 1. The molecule has 3 amide bonds. The molecular formula is C45H49N5O13. The Hall–Kier alpha value is -6.79. The Labute approximate surface area is 362 Å². The number of ether oxygens (including phenoxy) is 2. The number of benzene rings is 3. The predicted octanol–water partition coefficient (Wildman–Crippen LogP) is 2.15. The van der Waals surface area contributed by atoms with Gasteiger partial charge < -0.3 is 35.6 Å². The molecule has 0 saturated heterocycles. The largest absolute Gasteiger partial charge is 0.505 e. The molecule has 5 N–H and O–H groups in total. The average molecular weight is 868 g/mol. The molecule has 0 radical (unpaired) electrons. The van der Waals surface area contributed by atoms with Gasteiger partial charge in [0.05, 0.1) is 28.8 Å². The summed E-state index contributed by atoms with van der Waals surface area (Å²) < 4.78 is 10.3. The molecule has 18 nitrogen and oxygen atoms in total. The quantitative estimate of drug-likeness (QED) is 0.0708. The average Bonchev–Trinajstić information content (AvgIpc) is 3.21. The van der Waals surface area contributed by atoms with Crippen molar-refractivity contribution in [2.24, 2.45) is 29.4 Å². The number of nitrogens with one attached hydrogen (secondary N) is 1. The molecule has 0 aromatic heterocycles. The van der Waals surface area contributed by atoms with Crippen LogP contribution in [0.3, 0.4) is 0 Å². The van der Waals surface area contributed by atoms with E-state index in [0.29, 0.717) is 22.4 Å². The van der Waals surface area contributed by atoms with Crippen LogP contribution < -0.4 is 16.0 Å². The molecule has 0 aliphatic heterocycles. The Morgan fingerprint density at radius 2 is 1.48 bits per heavy atom. The van der Waals surface area contributed by atoms with Crippen molar-refractivity contribution in [3.05, 3.63) is 88.5 Å². The van der Waals surface area contributed by atoms with Gasteiger partial charge in [-0.05, 0) is 77.4 Å². The van der Waals surface area contributed by atoms with E-state index in [1.165, 1.54) is 49.3 Å². The van der Waals surface area contributed by atoms with Crippen molar-refractivity contribution in [2.45, 2.75) is 50.8 Å². The lowest BCUT2D eigenvalue weighted by molar-refractivity contribution is -0.181. The van der Waals surface area contributed by atoms with Gasteiger partial charge in [-0.25, -0.2) is 9.59 Å². The minimum Gasteiger partial charge on any atom is -0.505 e. The molecule has 2 unspecified atom stereocenters. The molecule has 6 atom stereocenters. The highest BCUT2D eigenvalue weighted by Gasteiger charge is 2.69. The molecule has 3 aromatic carbocycles. The second-order valence-electron chi connectivity index (χ2n) is 17.4. The van der Waals surface area contributed by atoms with Crippen LogP contribution in [0.5, 0.6) is 5.75 Å². The molecule has 0 spiro atoms. The van der Waals surface area contributed by atoms with Crippen LogP contribution in [0.2, 0.25) is 0 Å². The summed E-state index contributed by atoms with van der Waals surface area (Å²) in [5.41, 5.74) is 2.44. The first-order valence-corrected chi connectivity index (χ1v) is 20.0. The number of hydrogen-bond acceptors (Lipinski definition) is 15. The number of primary amides is 1. The summed E-state index contributed by atoms with van der Waals surface area (Å²) in [6.45, 7) is 3.36. The van der Waals surface area contributed by atoms with Crippen LogP contribution in [0.4, 0.5) is 16.2 Å². The van der Waals surface area contributed by atoms with Crippen LogP contribution in [0.25, 0.3) is 0 Å². The molecule has 3 aliphatic rings. The van der Waals surface area contributed by atoms with Crippen LogP contribution in [-0.2, 0) is 39.9 Å². The van der Waals surface area contributed by atoms with E-state index in [9.17, 15) is 53.4 Å². The first-order valence-electron chi connectivity index (χ1n) is 20.0. The number of hydrogen-bond donors (Lipinski definition) is 4. The summed E-state index contributed by atoms with van der Waals surface area (Å²) in [5.74, 6) is -14.3. The van der Waals surface area contributed by atoms with E-state index in [2.05, 4.69) is 5.32 Å². The summed E-state index contributed by atoms with van der Waals surface area (Å²) in [6, 6.07) is 14.4. The number of Topliss-reactive ketones (excluding diaryl/α,β-unsaturated/α-hetero) is 4. The van der Waals surface area contributed by atoms with Gasteiger partial charge in [-0.2, -0.15) is 0 Å². The number of phenols is 1. The van der Waals surface area contributed by atoms with Crippen LogP contribution in [0.1, 0.15) is 69.4 Å². The van der Waals surface area contributed by atoms with E-state index in [1.807, 2.05) is 0 Å². The van der Waals surface area contributed by atoms with Crippen molar-refractivity contribution in [1.29, 1.82) is 0 Å². The number of nitrogens with two attached hydrogens (primary N) is 1. The maximum absolute atomic E-state index is 14.4. The van der Waals surface area contributed by atoms with Gasteiger partial charge in [0, 0.05) is 42.4 Å². The van der Waals surface area contributed by atoms with Crippen molar-refractivity contribution in [1.82, 2.24) is 9.80 Å². The topological polar surface area (TPSA) is 260 Å². The minimum absolute atomic E-state index is 0.00536. The summed E-state index contributed by atoms with van der Waals surface area (Å²) in [4.78, 5) is 125. The lowest BCUT2D eigenvalue weighted by Gasteiger charge is -2.52. The zero-order valence-electron chi connectivity index (χ0n) is 35.8. The van der Waals surface area contributed by atoms with Gasteiger partial charge in [-0.3, -0.25) is 43.4 Å². The Bertz CT molecular complexity index is 2430. The molecule has 0 bridgehead atoms. The number of nitrogens with zero attached hydrogens (tertiary/aromatic N) is 3. The molecule has 2 saturated carbocycles. The Balaban J connectivity index is 1.18. The fourth-order valence-corrected chi connectivity index (χ4v) is 8.86. The summed E-state index contributed by atoms with van der Waals surface area (Å²) in [7, 11) is 6.29. The maximum Gasteiger partial charge on any atom is 0.413 e. The van der Waals surface area contributed by atoms with Gasteiger partial charge in [0.1, 0.15) is 12.3 Å². The van der Waals surface area contributed by atoms with Gasteiger partial charge in [-0.15, -0.1) is 0 Å². The van der Waals surface area contributed by atoms with Gasteiger partial charge in [0.15, 0.2) is 40.4 Å². The number of aromatic hydroxyl groups is 1. The molecule has 3 aliphatic carbocycles. The first-order chi connectivity index (χ1) is 29.5. The number of amides is 3. The normalized spacial score (nSPS) is 22.9. The number of ketones is 5. The van der Waals surface area contributed by atoms with Crippen LogP contribution in [0, 0.1) is 23.7 Å². The molecule has 63 heavy (non-hydrogen) atoms. The molecule has 3 aromatic rings. The highest BCUT2D eigenvalue weighted by molar-refractivity contribution is 6.32. The summed E-state index contributed by atoms with van der Waals surface area (Å²) in [6.07, 6.45) is -1.19. The number of likely N-dealkylation sites (N-methyl/N-ethyl adjacent to an activating group) is 1. The lowest BCUT2D eigenvalue weighted by atomic mass is 9.52. The number of rotatable bonds is 11. The fourth-order valence-electron chi connectivity index (χ4n) is 8.86. The molecule has 0 heterocycles. The molecular weight excluding hydrogens is 819 g/mol. The third-order valence-electron chi connectivity index (χ3n) is 11.9. The first kappa shape index (κ1) is 45.7. The Kier molecular flexibility index (Phi) is 12.5. The number of carbonyl (C=O) groups excluding carboxylic acids is 9. The maximum atomic E-state index is 14.4. The number of carbonyl (C=O) groups is 9. The predicted molar refractivity (Wildman–Crippen MR) is 224 cm³/mol. The highest BCUT2D eigenvalue weighted by Crippen LogP contribution is 2.52. The van der Waals surface area contributed by atoms with E-state index >= 15 is 0 Å². The third kappa shape index (κ3) is 8.30. The van der Waals surface area contributed by atoms with Gasteiger partial charge in [0.2, 0.25) is 18.6 Å². The molecule has 6 rings (SSSR count). The zero-order chi connectivity index (χ0) is 46.5. The summed E-state index contributed by atoms with van der Waals surface area (Å²) >= 11 is 0. The van der Waals surface area contributed by atoms with E-state index in [4.69, 9.17) is 15.2 Å². The van der Waals surface area contributed by atoms with E-state index in [0.717, 1.165) is 4.90 Å². The standard InChI is InChI=1S/C45H49N5O13/c1-44(2,3)50(43(60)63-21-62-42(59)24-15-13-23(14-16-24)35(52)22-11-9-8-10-12-22)20-30(51)47-28-19-29(48(4)5)26-17-25-18-27-34(49(6)7)38(55)33(41(46)58)40(57)45(27,61)39(56)31(25)37(54)32(26)36(28)53/h8-16,19,25,27,31,33-34,53,61H,17-18,20-21H2,1-7H3,(H2,46,58)(H,47,51)/t25-,27-,31?,33?,34-,45-/m0/s1. The number of anilines is 2. The Morgan fingerprint density at radius 3 is 2.05 bits per heavy atom. The van der Waals surface area contributed by atoms with Crippen molar-refractivity contribution in [2.75, 3.05) is 51.7 Å². The van der Waals surface area contributed by atoms with Crippen LogP contribution in [0.15, 0.2) is 60.7 Å². The summed E-state index contributed by atoms with van der Waals surface area (Å²) in [5, 5.41) is 26.1. The van der Waals surface area contributed by atoms with Crippen molar-refractivity contribution >= 4 is 64.2 Å². The van der Waals surface area contributed by atoms with Crippen molar-refractivity contribution in [3.63, 3.8) is 0 Å². The second kappa shape index (κ2) is 17.2. The van der Waals surface area contributed by atoms with Crippen LogP contribution >= 0.6 is 0 Å². The van der Waals surface area contributed by atoms with E-state index < -0.39 is 107 Å². The highest BCUT2D eigenvalue weighted by atomic mass is 16.7. The number of phenolic OH excluding ortho intramolecular Hbond substituents is 1. The number of fused-ring (bicyclic) bond motifs is 3. The molecule has 332 valence electrons. The van der Waals surface area contributed by atoms with Crippen molar-refractivity contribution < 1.29 is 62.8 Å². The number of aliphatic hydroxyl groups is 1. The molecule has 2 fully saturated rings. The SMILES string of the molecule is CN(C)c1cc(NC(=O)CN(C(=O)OCOC(=O)c2ccc(C(=O)c3ccccc3)cc2)C(C)(C)C)c(O)c2c1C[C@H]1C[C@H]3[C@H](N(C)C)C(=O)C(C(N)=O)C(=O)[C@@]3(O)C(=O)C1C2=O. The van der Waals surface area contributed by atoms with Crippen molar-refractivity contribution in [3.8, 4) is 5.75 Å². The molecule has 18 heteroatoms. The van der Waals surface area contributed by atoms with E-state index in [1.54, 1.807) is 70.1 Å². The zero-order valence-corrected chi connectivity index (χ0v) is 35.8. The van der Waals surface area contributed by atoms with Gasteiger partial charge in [0.25, 0.3) is 0 Å². The van der Waals surface area contributed by atoms with Crippen LogP contribution in [-0.4, -0.2) is 132 Å². The monoisotopic (exact) mass is 867 g/mol.